The number of carbonyl (C=O) groups is 3. The minimum Gasteiger partial charge on any atom is -0.481 e. The molecular weight excluding hydrogens is 444 g/mol. The van der Waals surface area contributed by atoms with E-state index in [4.69, 9.17) is 4.74 Å². The van der Waals surface area contributed by atoms with Crippen molar-refractivity contribution in [1.29, 1.82) is 0 Å². The highest BCUT2D eigenvalue weighted by atomic mass is 16.5. The van der Waals surface area contributed by atoms with Crippen molar-refractivity contribution in [3.8, 4) is 11.1 Å². The molecule has 3 atom stereocenters. The fraction of sp³-hybridized carbons (Fsp3) is 0.464. The molecule has 1 aliphatic carbocycles. The van der Waals surface area contributed by atoms with Crippen molar-refractivity contribution in [1.82, 2.24) is 10.6 Å². The summed E-state index contributed by atoms with van der Waals surface area (Å²) in [5, 5.41) is 14.8. The maximum Gasteiger partial charge on any atom is 0.407 e. The zero-order chi connectivity index (χ0) is 25.4. The smallest absolute Gasteiger partial charge is 0.407 e. The maximum absolute atomic E-state index is 13.0. The molecule has 1 aliphatic rings. The molecule has 0 aromatic heterocycles. The average Bonchev–Trinajstić information content (AvgIpc) is 3.17. The first-order valence-electron chi connectivity index (χ1n) is 12.5. The number of carbonyl (C=O) groups excluding carboxylic acids is 2. The van der Waals surface area contributed by atoms with E-state index in [2.05, 4.69) is 34.9 Å². The van der Waals surface area contributed by atoms with Gasteiger partial charge in [0, 0.05) is 12.0 Å². The largest absolute Gasteiger partial charge is 0.481 e. The van der Waals surface area contributed by atoms with Gasteiger partial charge in [0.2, 0.25) is 5.91 Å². The number of alkyl carbamates (subject to hydrolysis) is 1. The standard InChI is InChI=1S/C28H36N2O5/c1-4-6-11-19(16-25(31)32)29-27(33)26(18(3)5-2)30-28(34)35-17-24-22-14-9-7-12-20(22)21-13-8-10-15-23(21)24/h7-10,12-15,18-19,24,26H,4-6,11,16-17H2,1-3H3,(H,29,33)(H,30,34)(H,31,32)/t18?,19-,26?/m1/s1. The van der Waals surface area contributed by atoms with Gasteiger partial charge in [-0.05, 0) is 34.6 Å². The summed E-state index contributed by atoms with van der Waals surface area (Å²) < 4.78 is 5.63. The van der Waals surface area contributed by atoms with Gasteiger partial charge in [0.25, 0.3) is 0 Å². The number of aliphatic carboxylic acids is 1. The van der Waals surface area contributed by atoms with Crippen LogP contribution in [0.1, 0.15) is 69.9 Å². The Hall–Kier alpha value is -3.35. The van der Waals surface area contributed by atoms with E-state index in [0.717, 1.165) is 35.1 Å². The first-order valence-corrected chi connectivity index (χ1v) is 12.5. The van der Waals surface area contributed by atoms with E-state index in [1.54, 1.807) is 0 Å². The number of rotatable bonds is 12. The van der Waals surface area contributed by atoms with E-state index in [-0.39, 0.29) is 30.8 Å². The molecule has 0 heterocycles. The van der Waals surface area contributed by atoms with Crippen LogP contribution in [0.25, 0.3) is 11.1 Å². The van der Waals surface area contributed by atoms with Gasteiger partial charge in [-0.2, -0.15) is 0 Å². The number of hydrogen-bond acceptors (Lipinski definition) is 4. The molecule has 0 spiro atoms. The van der Waals surface area contributed by atoms with Crippen LogP contribution in [0.2, 0.25) is 0 Å². The van der Waals surface area contributed by atoms with Gasteiger partial charge in [0.15, 0.2) is 0 Å². The number of nitrogens with one attached hydrogen (secondary N) is 2. The molecule has 7 heteroatoms. The highest BCUT2D eigenvalue weighted by Gasteiger charge is 2.31. The molecule has 0 saturated heterocycles. The van der Waals surface area contributed by atoms with E-state index in [1.165, 1.54) is 0 Å². The Bertz CT molecular complexity index is 992. The molecular formula is C28H36N2O5. The Morgan fingerprint density at radius 3 is 2.11 bits per heavy atom. The van der Waals surface area contributed by atoms with Crippen LogP contribution in [0.15, 0.2) is 48.5 Å². The number of benzene rings is 2. The molecule has 2 amide bonds. The van der Waals surface area contributed by atoms with Crippen molar-refractivity contribution in [2.75, 3.05) is 6.61 Å². The number of amides is 2. The van der Waals surface area contributed by atoms with Crippen molar-refractivity contribution in [2.45, 2.75) is 70.9 Å². The molecule has 2 aromatic carbocycles. The van der Waals surface area contributed by atoms with Crippen LogP contribution in [-0.2, 0) is 14.3 Å². The normalized spacial score (nSPS) is 14.8. The predicted octanol–water partition coefficient (Wildman–Crippen LogP) is 5.09. The molecule has 2 aromatic rings. The van der Waals surface area contributed by atoms with E-state index in [1.807, 2.05) is 45.0 Å². The summed E-state index contributed by atoms with van der Waals surface area (Å²) in [6.07, 6.45) is 2.15. The lowest BCUT2D eigenvalue weighted by Gasteiger charge is -2.26. The summed E-state index contributed by atoms with van der Waals surface area (Å²) >= 11 is 0. The van der Waals surface area contributed by atoms with Gasteiger partial charge >= 0.3 is 12.1 Å². The summed E-state index contributed by atoms with van der Waals surface area (Å²) in [7, 11) is 0. The third kappa shape index (κ3) is 6.62. The van der Waals surface area contributed by atoms with Crippen molar-refractivity contribution >= 4 is 18.0 Å². The molecule has 7 nitrogen and oxygen atoms in total. The zero-order valence-corrected chi connectivity index (χ0v) is 20.8. The van der Waals surface area contributed by atoms with Crippen molar-refractivity contribution in [3.63, 3.8) is 0 Å². The Morgan fingerprint density at radius 1 is 0.971 bits per heavy atom. The Labute approximate surface area is 207 Å². The van der Waals surface area contributed by atoms with Crippen LogP contribution in [0, 0.1) is 5.92 Å². The number of fused-ring (bicyclic) bond motifs is 3. The highest BCUT2D eigenvalue weighted by Crippen LogP contribution is 2.44. The number of carboxylic acid groups (broad SMARTS) is 1. The van der Waals surface area contributed by atoms with Crippen LogP contribution < -0.4 is 10.6 Å². The number of hydrogen-bond donors (Lipinski definition) is 3. The Balaban J connectivity index is 1.66. The highest BCUT2D eigenvalue weighted by molar-refractivity contribution is 5.86. The van der Waals surface area contributed by atoms with Gasteiger partial charge in [-0.15, -0.1) is 0 Å². The van der Waals surface area contributed by atoms with Gasteiger partial charge in [-0.3, -0.25) is 9.59 Å². The summed E-state index contributed by atoms with van der Waals surface area (Å²) in [5.41, 5.74) is 4.52. The van der Waals surface area contributed by atoms with Crippen molar-refractivity contribution < 1.29 is 24.2 Å². The molecule has 0 bridgehead atoms. The van der Waals surface area contributed by atoms with E-state index in [9.17, 15) is 19.5 Å². The fourth-order valence-corrected chi connectivity index (χ4v) is 4.65. The van der Waals surface area contributed by atoms with Crippen molar-refractivity contribution in [3.05, 3.63) is 59.7 Å². The number of ether oxygens (including phenoxy) is 1. The molecule has 0 radical (unpaired) electrons. The summed E-state index contributed by atoms with van der Waals surface area (Å²) in [6.45, 7) is 6.00. The lowest BCUT2D eigenvalue weighted by molar-refractivity contribution is -0.137. The third-order valence-electron chi connectivity index (χ3n) is 6.79. The summed E-state index contributed by atoms with van der Waals surface area (Å²) in [4.78, 5) is 37.1. The topological polar surface area (TPSA) is 105 Å². The minimum atomic E-state index is -0.962. The Kier molecular flexibility index (Phi) is 9.29. The monoisotopic (exact) mass is 480 g/mol. The molecule has 0 aliphatic heterocycles. The molecule has 0 saturated carbocycles. The third-order valence-corrected chi connectivity index (χ3v) is 6.79. The van der Waals surface area contributed by atoms with Gasteiger partial charge in [0.1, 0.15) is 12.6 Å². The fourth-order valence-electron chi connectivity index (χ4n) is 4.65. The second-order valence-corrected chi connectivity index (χ2v) is 9.28. The van der Waals surface area contributed by atoms with Crippen LogP contribution in [-0.4, -0.2) is 41.8 Å². The van der Waals surface area contributed by atoms with Crippen molar-refractivity contribution in [2.24, 2.45) is 5.92 Å². The van der Waals surface area contributed by atoms with Gasteiger partial charge < -0.3 is 20.5 Å². The quantitative estimate of drug-likeness (QED) is 0.392. The van der Waals surface area contributed by atoms with Crippen LogP contribution in [0.3, 0.4) is 0 Å². The first-order chi connectivity index (χ1) is 16.8. The molecule has 2 unspecified atom stereocenters. The molecule has 188 valence electrons. The molecule has 3 N–H and O–H groups in total. The second-order valence-electron chi connectivity index (χ2n) is 9.28. The van der Waals surface area contributed by atoms with Crippen LogP contribution >= 0.6 is 0 Å². The molecule has 3 rings (SSSR count). The lowest BCUT2D eigenvalue weighted by atomic mass is 9.97. The first kappa shape index (κ1) is 26.3. The zero-order valence-electron chi connectivity index (χ0n) is 20.8. The summed E-state index contributed by atoms with van der Waals surface area (Å²) in [6, 6.07) is 14.9. The van der Waals surface area contributed by atoms with E-state index in [0.29, 0.717) is 12.8 Å². The number of carboxylic acids is 1. The average molecular weight is 481 g/mol. The van der Waals surface area contributed by atoms with Crippen LogP contribution in [0.5, 0.6) is 0 Å². The summed E-state index contributed by atoms with van der Waals surface area (Å²) in [5.74, 6) is -1.56. The second kappa shape index (κ2) is 12.4. The Morgan fingerprint density at radius 2 is 1.57 bits per heavy atom. The predicted molar refractivity (Wildman–Crippen MR) is 135 cm³/mol. The van der Waals surface area contributed by atoms with Crippen LogP contribution in [0.4, 0.5) is 4.79 Å². The van der Waals surface area contributed by atoms with Gasteiger partial charge in [-0.25, -0.2) is 4.79 Å². The van der Waals surface area contributed by atoms with E-state index < -0.39 is 24.1 Å². The maximum atomic E-state index is 13.0. The van der Waals surface area contributed by atoms with Gasteiger partial charge in [0.05, 0.1) is 6.42 Å². The SMILES string of the molecule is CCCC[C@H](CC(=O)O)NC(=O)C(NC(=O)OCC1c2ccccc2-c2ccccc21)C(C)CC. The molecule has 0 fully saturated rings. The minimum absolute atomic E-state index is 0.0713. The van der Waals surface area contributed by atoms with E-state index >= 15 is 0 Å². The van der Waals surface area contributed by atoms with Gasteiger partial charge in [-0.1, -0.05) is 88.6 Å². The molecule has 35 heavy (non-hydrogen) atoms. The number of unbranched alkanes of at least 4 members (excludes halogenated alkanes) is 1. The lowest BCUT2D eigenvalue weighted by Crippen LogP contribution is -2.53.